The van der Waals surface area contributed by atoms with Crippen LogP contribution in [0.15, 0.2) is 30.3 Å². The molecule has 106 valence electrons. The summed E-state index contributed by atoms with van der Waals surface area (Å²) in [4.78, 5) is 12.3. The lowest BCUT2D eigenvalue weighted by atomic mass is 10.2. The van der Waals surface area contributed by atoms with E-state index < -0.39 is 5.91 Å². The quantitative estimate of drug-likeness (QED) is 0.603. The smallest absolute Gasteiger partial charge is 0.259 e. The fourth-order valence-corrected chi connectivity index (χ4v) is 3.05. The van der Waals surface area contributed by atoms with Crippen LogP contribution in [0.1, 0.15) is 10.4 Å². The molecular formula is C13H7ClIN3O2S. The molecule has 0 atom stereocenters. The van der Waals surface area contributed by atoms with E-state index in [1.54, 1.807) is 24.3 Å². The lowest BCUT2D eigenvalue weighted by Gasteiger charge is -2.09. The van der Waals surface area contributed by atoms with Gasteiger partial charge in [0.1, 0.15) is 16.8 Å². The zero-order valence-corrected chi connectivity index (χ0v) is 14.0. The summed E-state index contributed by atoms with van der Waals surface area (Å²) in [6.07, 6.45) is 0. The van der Waals surface area contributed by atoms with Crippen molar-refractivity contribution in [3.8, 4) is 5.75 Å². The summed E-state index contributed by atoms with van der Waals surface area (Å²) in [5, 5.41) is 12.9. The number of rotatable bonds is 2. The zero-order valence-electron chi connectivity index (χ0n) is 10.3. The van der Waals surface area contributed by atoms with Crippen molar-refractivity contribution in [2.24, 2.45) is 0 Å². The molecule has 0 aliphatic carbocycles. The highest BCUT2D eigenvalue weighted by Crippen LogP contribution is 2.31. The first-order chi connectivity index (χ1) is 10.1. The van der Waals surface area contributed by atoms with Gasteiger partial charge in [-0.2, -0.15) is 8.75 Å². The Morgan fingerprint density at radius 3 is 2.90 bits per heavy atom. The van der Waals surface area contributed by atoms with Gasteiger partial charge in [0.15, 0.2) is 0 Å². The van der Waals surface area contributed by atoms with Gasteiger partial charge in [-0.1, -0.05) is 11.6 Å². The molecule has 0 unspecified atom stereocenters. The second-order valence-corrected chi connectivity index (χ2v) is 6.35. The molecule has 1 heterocycles. The van der Waals surface area contributed by atoms with Crippen LogP contribution in [0.25, 0.3) is 11.0 Å². The minimum atomic E-state index is -0.451. The minimum absolute atomic E-state index is 0.0902. The largest absolute Gasteiger partial charge is 0.507 e. The fourth-order valence-electron chi connectivity index (χ4n) is 1.82. The van der Waals surface area contributed by atoms with E-state index in [-0.39, 0.29) is 11.3 Å². The molecule has 0 aliphatic rings. The highest BCUT2D eigenvalue weighted by molar-refractivity contribution is 14.1. The molecule has 2 aromatic carbocycles. The molecule has 0 fully saturated rings. The van der Waals surface area contributed by atoms with Crippen molar-refractivity contribution in [2.75, 3.05) is 5.32 Å². The Labute approximate surface area is 142 Å². The maximum Gasteiger partial charge on any atom is 0.259 e. The number of amides is 1. The Bertz CT molecular complexity index is 853. The van der Waals surface area contributed by atoms with Crippen molar-refractivity contribution in [1.82, 2.24) is 8.75 Å². The number of aromatic nitrogens is 2. The number of fused-ring (bicyclic) bond motifs is 1. The predicted octanol–water partition coefficient (Wildman–Crippen LogP) is 3.91. The molecule has 0 radical (unpaired) electrons. The van der Waals surface area contributed by atoms with Gasteiger partial charge in [0.2, 0.25) is 0 Å². The standard InChI is InChI=1S/C13H7ClIN3O2S/c14-8-2-3-9-12(18-21-17-9)11(8)16-13(20)7-5-6(15)1-4-10(7)19/h1-5,19H,(H,16,20). The van der Waals surface area contributed by atoms with Crippen molar-refractivity contribution in [1.29, 1.82) is 0 Å². The monoisotopic (exact) mass is 431 g/mol. The van der Waals surface area contributed by atoms with E-state index >= 15 is 0 Å². The van der Waals surface area contributed by atoms with E-state index in [4.69, 9.17) is 11.6 Å². The Hall–Kier alpha value is -1.45. The van der Waals surface area contributed by atoms with Gasteiger partial charge in [0, 0.05) is 3.57 Å². The molecular weight excluding hydrogens is 425 g/mol. The maximum absolute atomic E-state index is 12.3. The third kappa shape index (κ3) is 2.81. The summed E-state index contributed by atoms with van der Waals surface area (Å²) in [6.45, 7) is 0. The number of carbonyl (C=O) groups is 1. The van der Waals surface area contributed by atoms with E-state index in [0.717, 1.165) is 15.3 Å². The average Bonchev–Trinajstić information content (AvgIpc) is 2.93. The summed E-state index contributed by atoms with van der Waals surface area (Å²) in [5.41, 5.74) is 1.77. The van der Waals surface area contributed by atoms with Crippen LogP contribution in [0.3, 0.4) is 0 Å². The molecule has 2 N–H and O–H groups in total. The number of benzene rings is 2. The topological polar surface area (TPSA) is 75.1 Å². The Morgan fingerprint density at radius 1 is 1.29 bits per heavy atom. The van der Waals surface area contributed by atoms with Crippen LogP contribution in [-0.2, 0) is 0 Å². The fraction of sp³-hybridized carbons (Fsp3) is 0. The number of nitrogens with one attached hydrogen (secondary N) is 1. The first kappa shape index (κ1) is 14.5. The van der Waals surface area contributed by atoms with Crippen LogP contribution in [-0.4, -0.2) is 19.8 Å². The maximum atomic E-state index is 12.3. The van der Waals surface area contributed by atoms with Crippen molar-refractivity contribution >= 4 is 68.5 Å². The summed E-state index contributed by atoms with van der Waals surface area (Å²) in [7, 11) is 0. The van der Waals surface area contributed by atoms with Crippen molar-refractivity contribution in [3.63, 3.8) is 0 Å². The molecule has 0 bridgehead atoms. The molecule has 3 rings (SSSR count). The van der Waals surface area contributed by atoms with Gasteiger partial charge < -0.3 is 10.4 Å². The van der Waals surface area contributed by atoms with Crippen molar-refractivity contribution < 1.29 is 9.90 Å². The number of halogens is 2. The summed E-state index contributed by atoms with van der Waals surface area (Å²) < 4.78 is 9.08. The Morgan fingerprint density at radius 2 is 2.10 bits per heavy atom. The van der Waals surface area contributed by atoms with Gasteiger partial charge in [0.05, 0.1) is 28.0 Å². The SMILES string of the molecule is O=C(Nc1c(Cl)ccc2nsnc12)c1cc(I)ccc1O. The molecule has 3 aromatic rings. The molecule has 0 spiro atoms. The van der Waals surface area contributed by atoms with Crippen LogP contribution < -0.4 is 5.32 Å². The van der Waals surface area contributed by atoms with E-state index in [0.29, 0.717) is 21.7 Å². The molecule has 1 amide bonds. The second kappa shape index (κ2) is 5.74. The number of hydrogen-bond acceptors (Lipinski definition) is 5. The van der Waals surface area contributed by atoms with Crippen LogP contribution in [0.4, 0.5) is 5.69 Å². The number of phenols is 1. The van der Waals surface area contributed by atoms with Gasteiger partial charge in [-0.05, 0) is 52.9 Å². The number of aromatic hydroxyl groups is 1. The minimum Gasteiger partial charge on any atom is -0.507 e. The number of hydrogen-bond donors (Lipinski definition) is 2. The molecule has 8 heteroatoms. The van der Waals surface area contributed by atoms with E-state index in [9.17, 15) is 9.90 Å². The molecule has 0 aliphatic heterocycles. The third-order valence-corrected chi connectivity index (χ3v) is 4.35. The highest BCUT2D eigenvalue weighted by Gasteiger charge is 2.16. The van der Waals surface area contributed by atoms with E-state index in [2.05, 4.69) is 36.7 Å². The molecule has 0 saturated carbocycles. The average molecular weight is 432 g/mol. The zero-order chi connectivity index (χ0) is 15.0. The highest BCUT2D eigenvalue weighted by atomic mass is 127. The van der Waals surface area contributed by atoms with Gasteiger partial charge in [0.25, 0.3) is 5.91 Å². The van der Waals surface area contributed by atoms with Crippen LogP contribution >= 0.6 is 45.9 Å². The summed E-state index contributed by atoms with van der Waals surface area (Å²) >= 11 is 9.23. The molecule has 21 heavy (non-hydrogen) atoms. The van der Waals surface area contributed by atoms with Gasteiger partial charge >= 0.3 is 0 Å². The van der Waals surface area contributed by atoms with Crippen molar-refractivity contribution in [3.05, 3.63) is 44.5 Å². The van der Waals surface area contributed by atoms with Crippen LogP contribution in [0.5, 0.6) is 5.75 Å². The normalized spacial score (nSPS) is 10.8. The Balaban J connectivity index is 2.02. The van der Waals surface area contributed by atoms with E-state index in [1.807, 2.05) is 0 Å². The van der Waals surface area contributed by atoms with E-state index in [1.165, 1.54) is 6.07 Å². The molecule has 0 saturated heterocycles. The Kier molecular flexibility index (Phi) is 3.96. The third-order valence-electron chi connectivity index (χ3n) is 2.82. The number of carbonyl (C=O) groups excluding carboxylic acids is 1. The predicted molar refractivity (Wildman–Crippen MR) is 91.2 cm³/mol. The summed E-state index contributed by atoms with van der Waals surface area (Å²) in [6, 6.07) is 8.17. The lowest BCUT2D eigenvalue weighted by molar-refractivity contribution is 0.102. The first-order valence-corrected chi connectivity index (χ1v) is 7.95. The lowest BCUT2D eigenvalue weighted by Crippen LogP contribution is -2.13. The second-order valence-electron chi connectivity index (χ2n) is 4.17. The number of phenolic OH excluding ortho intramolecular Hbond substituents is 1. The van der Waals surface area contributed by atoms with Crippen molar-refractivity contribution in [2.45, 2.75) is 0 Å². The van der Waals surface area contributed by atoms with Gasteiger partial charge in [-0.25, -0.2) is 0 Å². The van der Waals surface area contributed by atoms with Crippen LogP contribution in [0, 0.1) is 3.57 Å². The van der Waals surface area contributed by atoms with Gasteiger partial charge in [-0.15, -0.1) is 0 Å². The summed E-state index contributed by atoms with van der Waals surface area (Å²) in [5.74, 6) is -0.541. The van der Waals surface area contributed by atoms with Gasteiger partial charge in [-0.3, -0.25) is 4.79 Å². The molecule has 1 aromatic heterocycles. The first-order valence-electron chi connectivity index (χ1n) is 5.77. The number of nitrogens with zero attached hydrogens (tertiary/aromatic N) is 2. The molecule has 5 nitrogen and oxygen atoms in total. The number of anilines is 1. The van der Waals surface area contributed by atoms with Crippen LogP contribution in [0.2, 0.25) is 5.02 Å².